The van der Waals surface area contributed by atoms with E-state index >= 15 is 0 Å². The zero-order valence-corrected chi connectivity index (χ0v) is 10.4. The molecule has 1 aliphatic carbocycles. The Bertz CT molecular complexity index is 446. The standard InChI is InChI=1S/C12H18N4O2/c1-15(7-9-2-3-9)8-10-6-11(16(17)18)4-5-12(10)14-13/h4-6,9,14H,2-3,7-8,13H2,1H3. The van der Waals surface area contributed by atoms with Crippen molar-refractivity contribution in [3.05, 3.63) is 33.9 Å². The van der Waals surface area contributed by atoms with Crippen molar-refractivity contribution < 1.29 is 4.92 Å². The van der Waals surface area contributed by atoms with Crippen LogP contribution in [0.4, 0.5) is 11.4 Å². The van der Waals surface area contributed by atoms with Gasteiger partial charge in [-0.3, -0.25) is 16.0 Å². The number of benzene rings is 1. The largest absolute Gasteiger partial charge is 0.324 e. The highest BCUT2D eigenvalue weighted by molar-refractivity contribution is 5.55. The topological polar surface area (TPSA) is 84.4 Å². The van der Waals surface area contributed by atoms with Gasteiger partial charge in [0, 0.05) is 25.2 Å². The fourth-order valence-electron chi connectivity index (χ4n) is 2.06. The monoisotopic (exact) mass is 250 g/mol. The number of rotatable bonds is 6. The van der Waals surface area contributed by atoms with Gasteiger partial charge in [0.05, 0.1) is 10.6 Å². The van der Waals surface area contributed by atoms with E-state index in [1.54, 1.807) is 12.1 Å². The first-order valence-electron chi connectivity index (χ1n) is 6.02. The van der Waals surface area contributed by atoms with Crippen molar-refractivity contribution in [3.63, 3.8) is 0 Å². The quantitative estimate of drug-likeness (QED) is 0.456. The molecule has 0 heterocycles. The lowest BCUT2D eigenvalue weighted by atomic mass is 10.1. The number of nitrogens with zero attached hydrogens (tertiary/aromatic N) is 2. The first-order chi connectivity index (χ1) is 8.60. The second kappa shape index (κ2) is 5.32. The molecule has 1 saturated carbocycles. The first-order valence-corrected chi connectivity index (χ1v) is 6.02. The van der Waals surface area contributed by atoms with Crippen LogP contribution in [-0.4, -0.2) is 23.4 Å². The highest BCUT2D eigenvalue weighted by Gasteiger charge is 2.23. The van der Waals surface area contributed by atoms with Gasteiger partial charge in [-0.05, 0) is 37.4 Å². The molecule has 2 rings (SSSR count). The molecule has 0 aliphatic heterocycles. The molecule has 1 aromatic rings. The smallest absolute Gasteiger partial charge is 0.269 e. The fraction of sp³-hybridized carbons (Fsp3) is 0.500. The van der Waals surface area contributed by atoms with Crippen molar-refractivity contribution >= 4 is 11.4 Å². The van der Waals surface area contributed by atoms with E-state index in [4.69, 9.17) is 5.84 Å². The summed E-state index contributed by atoms with van der Waals surface area (Å²) >= 11 is 0. The van der Waals surface area contributed by atoms with Crippen LogP contribution in [0.3, 0.4) is 0 Å². The van der Waals surface area contributed by atoms with Crippen molar-refractivity contribution in [2.45, 2.75) is 19.4 Å². The lowest BCUT2D eigenvalue weighted by Crippen LogP contribution is -2.22. The third-order valence-corrected chi connectivity index (χ3v) is 3.16. The molecule has 98 valence electrons. The lowest BCUT2D eigenvalue weighted by molar-refractivity contribution is -0.384. The third-order valence-electron chi connectivity index (χ3n) is 3.16. The summed E-state index contributed by atoms with van der Waals surface area (Å²) in [7, 11) is 2.03. The molecule has 0 bridgehead atoms. The van der Waals surface area contributed by atoms with Crippen molar-refractivity contribution in [3.8, 4) is 0 Å². The van der Waals surface area contributed by atoms with Crippen LogP contribution in [0.5, 0.6) is 0 Å². The molecule has 18 heavy (non-hydrogen) atoms. The molecule has 6 heteroatoms. The maximum absolute atomic E-state index is 10.8. The van der Waals surface area contributed by atoms with Crippen LogP contribution in [0.1, 0.15) is 18.4 Å². The molecule has 0 radical (unpaired) electrons. The number of hydrazine groups is 1. The minimum absolute atomic E-state index is 0.101. The molecule has 0 aromatic heterocycles. The van der Waals surface area contributed by atoms with Gasteiger partial charge in [-0.15, -0.1) is 0 Å². The Balaban J connectivity index is 2.12. The molecule has 0 unspecified atom stereocenters. The summed E-state index contributed by atoms with van der Waals surface area (Å²) in [6.07, 6.45) is 2.59. The number of nitro benzene ring substituents is 1. The van der Waals surface area contributed by atoms with Crippen molar-refractivity contribution in [2.24, 2.45) is 11.8 Å². The van der Waals surface area contributed by atoms with E-state index in [-0.39, 0.29) is 10.6 Å². The predicted octanol–water partition coefficient (Wildman–Crippen LogP) is 1.72. The van der Waals surface area contributed by atoms with Crippen LogP contribution in [0.15, 0.2) is 18.2 Å². The Hall–Kier alpha value is -1.66. The highest BCUT2D eigenvalue weighted by Crippen LogP contribution is 2.30. The fourth-order valence-corrected chi connectivity index (χ4v) is 2.06. The average Bonchev–Trinajstić information content (AvgIpc) is 3.12. The third kappa shape index (κ3) is 3.18. The highest BCUT2D eigenvalue weighted by atomic mass is 16.6. The molecular weight excluding hydrogens is 232 g/mol. The predicted molar refractivity (Wildman–Crippen MR) is 70.0 cm³/mol. The van der Waals surface area contributed by atoms with Gasteiger partial charge in [0.2, 0.25) is 0 Å². The number of nitrogen functional groups attached to an aromatic ring is 1. The van der Waals surface area contributed by atoms with E-state index < -0.39 is 0 Å². The van der Waals surface area contributed by atoms with E-state index in [2.05, 4.69) is 10.3 Å². The van der Waals surface area contributed by atoms with Gasteiger partial charge in [0.15, 0.2) is 0 Å². The number of nitrogens with one attached hydrogen (secondary N) is 1. The van der Waals surface area contributed by atoms with E-state index in [0.29, 0.717) is 6.54 Å². The second-order valence-electron chi connectivity index (χ2n) is 4.88. The number of hydrogen-bond acceptors (Lipinski definition) is 5. The summed E-state index contributed by atoms with van der Waals surface area (Å²) in [5.74, 6) is 6.22. The van der Waals surface area contributed by atoms with Crippen molar-refractivity contribution in [2.75, 3.05) is 19.0 Å². The molecule has 0 saturated heterocycles. The Morgan fingerprint density at radius 1 is 1.56 bits per heavy atom. The summed E-state index contributed by atoms with van der Waals surface area (Å²) in [6.45, 7) is 1.70. The summed E-state index contributed by atoms with van der Waals surface area (Å²) in [5.41, 5.74) is 4.28. The molecule has 1 aromatic carbocycles. The Labute approximate surface area is 106 Å². The van der Waals surface area contributed by atoms with Gasteiger partial charge in [0.1, 0.15) is 0 Å². The van der Waals surface area contributed by atoms with Gasteiger partial charge in [-0.2, -0.15) is 0 Å². The Morgan fingerprint density at radius 3 is 2.83 bits per heavy atom. The van der Waals surface area contributed by atoms with Crippen molar-refractivity contribution in [1.82, 2.24) is 4.90 Å². The number of nitro groups is 1. The SMILES string of the molecule is CN(Cc1cc([N+](=O)[O-])ccc1NN)CC1CC1. The molecule has 0 amide bonds. The minimum Gasteiger partial charge on any atom is -0.324 e. The summed E-state index contributed by atoms with van der Waals surface area (Å²) in [4.78, 5) is 12.6. The lowest BCUT2D eigenvalue weighted by Gasteiger charge is -2.18. The van der Waals surface area contributed by atoms with E-state index in [0.717, 1.165) is 23.7 Å². The Morgan fingerprint density at radius 2 is 2.28 bits per heavy atom. The number of hydrogen-bond donors (Lipinski definition) is 2. The molecule has 6 nitrogen and oxygen atoms in total. The van der Waals surface area contributed by atoms with Gasteiger partial charge >= 0.3 is 0 Å². The minimum atomic E-state index is -0.384. The number of nitrogens with two attached hydrogens (primary N) is 1. The number of anilines is 1. The molecule has 0 atom stereocenters. The van der Waals surface area contributed by atoms with Gasteiger partial charge < -0.3 is 10.3 Å². The Kier molecular flexibility index (Phi) is 3.78. The second-order valence-corrected chi connectivity index (χ2v) is 4.88. The van der Waals surface area contributed by atoms with E-state index in [1.165, 1.54) is 18.9 Å². The summed E-state index contributed by atoms with van der Waals surface area (Å²) < 4.78 is 0. The average molecular weight is 250 g/mol. The van der Waals surface area contributed by atoms with Crippen LogP contribution in [-0.2, 0) is 6.54 Å². The number of non-ortho nitro benzene ring substituents is 1. The van der Waals surface area contributed by atoms with Crippen LogP contribution >= 0.6 is 0 Å². The maximum Gasteiger partial charge on any atom is 0.269 e. The van der Waals surface area contributed by atoms with Gasteiger partial charge in [0.25, 0.3) is 5.69 Å². The maximum atomic E-state index is 10.8. The molecule has 3 N–H and O–H groups in total. The van der Waals surface area contributed by atoms with Gasteiger partial charge in [-0.25, -0.2) is 0 Å². The van der Waals surface area contributed by atoms with Crippen LogP contribution in [0, 0.1) is 16.0 Å². The summed E-state index contributed by atoms with van der Waals surface area (Å²) in [5, 5.41) is 10.8. The normalized spacial score (nSPS) is 14.8. The molecule has 1 fully saturated rings. The van der Waals surface area contributed by atoms with E-state index in [1.807, 2.05) is 7.05 Å². The van der Waals surface area contributed by atoms with Crippen molar-refractivity contribution in [1.29, 1.82) is 0 Å². The molecular formula is C12H18N4O2. The zero-order valence-electron chi connectivity index (χ0n) is 10.4. The first kappa shape index (κ1) is 12.8. The summed E-state index contributed by atoms with van der Waals surface area (Å²) in [6, 6.07) is 4.69. The zero-order chi connectivity index (χ0) is 13.1. The van der Waals surface area contributed by atoms with E-state index in [9.17, 15) is 10.1 Å². The molecule has 0 spiro atoms. The molecule has 1 aliphatic rings. The van der Waals surface area contributed by atoms with Crippen LogP contribution < -0.4 is 11.3 Å². The van der Waals surface area contributed by atoms with Gasteiger partial charge in [-0.1, -0.05) is 0 Å². The van der Waals surface area contributed by atoms with Crippen LogP contribution in [0.25, 0.3) is 0 Å². The van der Waals surface area contributed by atoms with Crippen LogP contribution in [0.2, 0.25) is 0 Å².